The van der Waals surface area contributed by atoms with Crippen molar-refractivity contribution in [3.05, 3.63) is 289 Å². The Morgan fingerprint density at radius 3 is 1.25 bits per heavy atom. The first-order valence-corrected chi connectivity index (χ1v) is 48.5. The van der Waals surface area contributed by atoms with Gasteiger partial charge in [-0.05, 0) is 59.9 Å². The van der Waals surface area contributed by atoms with Crippen molar-refractivity contribution in [1.29, 1.82) is 0 Å². The Morgan fingerprint density at radius 1 is 0.382 bits per heavy atom. The molecular weight excluding hydrogens is 1310 g/mol. The molecule has 15 nitrogen and oxygen atoms in total. The molecule has 0 amide bonds. The molecule has 4 aliphatic rings. The Bertz CT molecular complexity index is 3900. The molecule has 0 aromatic heterocycles. The standard InChI is InChI=1S/C63H66O15Si11/c1-53-40-42-54(43-41-53)49-51-83(4)72-87(61-34-20-9-21-35-61)70-81(57-26-12-5-13-27-57)69-84(58-28-14-6-15-29-58)65-52-80-67-82(3,50-48-55-44-46-56(64-2)47-45-55)71-85(66-79,59-30-16-7-17-31-59)75-89(78-87,63-38-24-11-25-39-63)77-86(68-80,60-32-18-8-19-33-60)76-88(73-83,74-84)62-36-22-10-23-37-62/h5-51,80-81H,52H2,1-4,79H3/b50-48+,51-49+. The van der Waals surface area contributed by atoms with Crippen LogP contribution in [0.25, 0.3) is 12.2 Å². The maximum absolute atomic E-state index is 8.60. The fourth-order valence-electron chi connectivity index (χ4n) is 11.0. The van der Waals surface area contributed by atoms with E-state index in [2.05, 4.69) is 31.2 Å². The summed E-state index contributed by atoms with van der Waals surface area (Å²) in [6.45, 7) is 6.04. The van der Waals surface area contributed by atoms with E-state index in [1.165, 1.54) is 0 Å². The molecule has 0 aliphatic carbocycles. The third-order valence-corrected chi connectivity index (χ3v) is 55.8. The van der Waals surface area contributed by atoms with Crippen LogP contribution in [0.15, 0.2) is 272 Å². The zero-order chi connectivity index (χ0) is 61.1. The molecule has 4 saturated heterocycles. The summed E-state index contributed by atoms with van der Waals surface area (Å²) in [6, 6.07) is 84.6. The highest BCUT2D eigenvalue weighted by molar-refractivity contribution is 7.07. The highest BCUT2D eigenvalue weighted by Gasteiger charge is 2.75. The average Bonchev–Trinajstić information content (AvgIpc) is 1.59. The second-order valence-electron chi connectivity index (χ2n) is 21.9. The summed E-state index contributed by atoms with van der Waals surface area (Å²) in [4.78, 5) is 0. The Morgan fingerprint density at radius 2 is 0.764 bits per heavy atom. The fourth-order valence-corrected chi connectivity index (χ4v) is 61.5. The summed E-state index contributed by atoms with van der Waals surface area (Å²) in [7, 11) is -43.3. The van der Waals surface area contributed by atoms with Gasteiger partial charge in [0.05, 0.1) is 13.3 Å². The van der Waals surface area contributed by atoms with E-state index >= 15 is 0 Å². The largest absolute Gasteiger partial charge is 0.521 e. The molecule has 6 bridgehead atoms. The van der Waals surface area contributed by atoms with Gasteiger partial charge in [0.25, 0.3) is 0 Å². The monoisotopic (exact) mass is 1370 g/mol. The number of rotatable bonds is 13. The van der Waals surface area contributed by atoms with Crippen LogP contribution in [0.5, 0.6) is 5.75 Å². The van der Waals surface area contributed by atoms with E-state index in [1.807, 2.05) is 273 Å². The SMILES string of the molecule is COc1ccc(/C=C/[Si]2(C)O[SiH]3CO[Si]4(c5ccccc5)O[SiH](c5ccccc5)O[Si]5(c6ccccc6)O[Si](C)(/C=C/c6ccc(C)cc6)O[Si](c6ccccc6)(O4)O[Si](c4ccccc4)(O3)O[Si](c3ccccc3)(O[Si](O[SiH3])(c3ccccc3)O2)O5)cc1. The topological polar surface area (TPSA) is 138 Å². The van der Waals surface area contributed by atoms with Crippen LogP contribution in [-0.4, -0.2) is 112 Å². The molecule has 452 valence electrons. The van der Waals surface area contributed by atoms with Crippen LogP contribution in [-0.2, 0) is 57.9 Å². The maximum Gasteiger partial charge on any atom is 0.521 e. The van der Waals surface area contributed by atoms with Crippen LogP contribution in [0.4, 0.5) is 0 Å². The van der Waals surface area contributed by atoms with Crippen molar-refractivity contribution in [3.8, 4) is 5.75 Å². The van der Waals surface area contributed by atoms with Crippen molar-refractivity contribution in [2.75, 3.05) is 13.3 Å². The molecule has 4 fully saturated rings. The molecule has 0 radical (unpaired) electrons. The van der Waals surface area contributed by atoms with Gasteiger partial charge in [-0.2, -0.15) is 0 Å². The number of aryl methyl sites for hydroxylation is 1. The number of methoxy groups -OCH3 is 1. The first-order valence-electron chi connectivity index (χ1n) is 29.3. The number of fused-ring (bicyclic) bond motifs is 6. The van der Waals surface area contributed by atoms with Gasteiger partial charge in [-0.15, -0.1) is 0 Å². The number of benzene rings is 9. The van der Waals surface area contributed by atoms with E-state index in [-0.39, 0.29) is 16.7 Å². The first-order chi connectivity index (χ1) is 43.3. The average molecular weight is 1370 g/mol. The highest BCUT2D eigenvalue weighted by atomic mass is 28.6. The summed E-state index contributed by atoms with van der Waals surface area (Å²) < 4.78 is 120. The van der Waals surface area contributed by atoms with E-state index in [0.717, 1.165) is 21.9 Å². The lowest BCUT2D eigenvalue weighted by molar-refractivity contribution is 0.0914. The summed E-state index contributed by atoms with van der Waals surface area (Å²) in [5.74, 6) is 0.712. The van der Waals surface area contributed by atoms with Gasteiger partial charge in [0.1, 0.15) is 16.2 Å². The fraction of sp³-hybridized carbons (Fsp3) is 0.0794. The summed E-state index contributed by atoms with van der Waals surface area (Å²) in [5, 5.41) is 4.15. The molecule has 89 heavy (non-hydrogen) atoms. The predicted molar refractivity (Wildman–Crippen MR) is 367 cm³/mol. The zero-order valence-electron chi connectivity index (χ0n) is 49.6. The molecule has 10 atom stereocenters. The van der Waals surface area contributed by atoms with Crippen LogP contribution in [0, 0.1) is 6.92 Å². The summed E-state index contributed by atoms with van der Waals surface area (Å²) in [5.41, 5.74) is 6.89. The van der Waals surface area contributed by atoms with Gasteiger partial charge >= 0.3 is 88.5 Å². The summed E-state index contributed by atoms with van der Waals surface area (Å²) in [6.07, 6.45) is 3.84. The van der Waals surface area contributed by atoms with Gasteiger partial charge in [-0.25, -0.2) is 0 Å². The molecule has 26 heteroatoms. The normalized spacial score (nSPS) is 30.7. The highest BCUT2D eigenvalue weighted by Crippen LogP contribution is 2.41. The smallest absolute Gasteiger partial charge is 0.497 e. The van der Waals surface area contributed by atoms with E-state index in [0.29, 0.717) is 36.9 Å². The van der Waals surface area contributed by atoms with Crippen LogP contribution in [0.1, 0.15) is 16.7 Å². The minimum absolute atomic E-state index is 0.102. The van der Waals surface area contributed by atoms with E-state index in [9.17, 15) is 0 Å². The molecule has 4 heterocycles. The lowest BCUT2D eigenvalue weighted by atomic mass is 10.2. The molecular formula is C63H66O15Si11. The number of hydrogen-bond donors (Lipinski definition) is 0. The van der Waals surface area contributed by atoms with E-state index in [4.69, 9.17) is 62.7 Å². The molecule has 13 rings (SSSR count). The van der Waals surface area contributed by atoms with Gasteiger partial charge in [0, 0.05) is 31.1 Å². The third-order valence-electron chi connectivity index (χ3n) is 15.4. The van der Waals surface area contributed by atoms with E-state index in [1.54, 1.807) is 7.11 Å². The van der Waals surface area contributed by atoms with Gasteiger partial charge < -0.3 is 62.7 Å². The second-order valence-corrected chi connectivity index (χ2v) is 51.5. The summed E-state index contributed by atoms with van der Waals surface area (Å²) >= 11 is 0. The Balaban J connectivity index is 1.22. The third kappa shape index (κ3) is 13.0. The van der Waals surface area contributed by atoms with Crippen molar-refractivity contribution in [1.82, 2.24) is 0 Å². The minimum Gasteiger partial charge on any atom is -0.497 e. The number of hydrogen-bond acceptors (Lipinski definition) is 15. The molecule has 9 aromatic carbocycles. The van der Waals surface area contributed by atoms with Crippen molar-refractivity contribution < 1.29 is 62.7 Å². The lowest BCUT2D eigenvalue weighted by Gasteiger charge is -2.53. The molecule has 0 N–H and O–H groups in total. The predicted octanol–water partition coefficient (Wildman–Crippen LogP) is 5.48. The molecule has 9 aromatic rings. The minimum atomic E-state index is -5.19. The maximum atomic E-state index is 8.60. The first kappa shape index (κ1) is 61.9. The Kier molecular flexibility index (Phi) is 18.1. The van der Waals surface area contributed by atoms with Crippen LogP contribution in [0.2, 0.25) is 13.1 Å². The van der Waals surface area contributed by atoms with Gasteiger partial charge in [-0.1, -0.05) is 266 Å². The van der Waals surface area contributed by atoms with Crippen molar-refractivity contribution in [2.45, 2.75) is 20.0 Å². The lowest BCUT2D eigenvalue weighted by Crippen LogP contribution is -2.85. The van der Waals surface area contributed by atoms with Crippen LogP contribution in [0.3, 0.4) is 0 Å². The molecule has 10 unspecified atom stereocenters. The quantitative estimate of drug-likeness (QED) is 0.135. The van der Waals surface area contributed by atoms with Crippen molar-refractivity contribution in [2.24, 2.45) is 0 Å². The molecule has 0 saturated carbocycles. The van der Waals surface area contributed by atoms with Gasteiger partial charge in [-0.3, -0.25) is 0 Å². The molecule has 4 aliphatic heterocycles. The molecule has 0 spiro atoms. The Hall–Kier alpha value is -5.91. The van der Waals surface area contributed by atoms with Crippen molar-refractivity contribution >= 4 is 147 Å². The number of ether oxygens (including phenoxy) is 1. The van der Waals surface area contributed by atoms with Crippen LogP contribution < -0.4 is 41.0 Å². The van der Waals surface area contributed by atoms with E-state index < -0.39 is 88.5 Å². The van der Waals surface area contributed by atoms with Crippen LogP contribution >= 0.6 is 0 Å². The van der Waals surface area contributed by atoms with Crippen molar-refractivity contribution in [3.63, 3.8) is 0 Å². The Labute approximate surface area is 534 Å². The van der Waals surface area contributed by atoms with Gasteiger partial charge in [0.15, 0.2) is 0 Å². The van der Waals surface area contributed by atoms with Gasteiger partial charge in [0.2, 0.25) is 0 Å². The zero-order valence-corrected chi connectivity index (χ0v) is 61.9. The second kappa shape index (κ2) is 26.0.